The maximum Gasteiger partial charge on any atom is 0.330 e. The number of carbonyl (C=O) groups excluding carboxylic acids is 1. The number of esters is 1. The van der Waals surface area contributed by atoms with Crippen LogP contribution in [0.15, 0.2) is 53.7 Å². The molecule has 0 atom stereocenters. The van der Waals surface area contributed by atoms with Crippen LogP contribution < -0.4 is 0 Å². The summed E-state index contributed by atoms with van der Waals surface area (Å²) in [6.45, 7) is 5.56. The Morgan fingerprint density at radius 1 is 1.04 bits per heavy atom. The first-order valence-corrected chi connectivity index (χ1v) is 7.36. The quantitative estimate of drug-likeness (QED) is 0.312. The van der Waals surface area contributed by atoms with E-state index in [1.54, 1.807) is 45.1 Å². The Labute approximate surface area is 139 Å². The molecule has 0 saturated heterocycles. The number of hydrogen-bond donors (Lipinski definition) is 0. The van der Waals surface area contributed by atoms with Gasteiger partial charge in [0.25, 0.3) is 0 Å². The molecule has 0 aliphatic carbocycles. The minimum Gasteiger partial charge on any atom is -0.463 e. The minimum absolute atomic E-state index is 0.0379. The molecule has 128 valence electrons. The van der Waals surface area contributed by atoms with Gasteiger partial charge in [-0.1, -0.05) is 36.0 Å². The van der Waals surface area contributed by atoms with Crippen LogP contribution in [-0.4, -0.2) is 12.6 Å². The summed E-state index contributed by atoms with van der Waals surface area (Å²) in [7, 11) is 0. The normalized spacial score (nSPS) is 13.1. The Kier molecular flexibility index (Phi) is 7.75. The zero-order valence-corrected chi connectivity index (χ0v) is 13.8. The van der Waals surface area contributed by atoms with Gasteiger partial charge in [-0.05, 0) is 32.4 Å². The predicted octanol–water partition coefficient (Wildman–Crippen LogP) is 5.13. The topological polar surface area (TPSA) is 26.3 Å². The van der Waals surface area contributed by atoms with Crippen LogP contribution in [0.4, 0.5) is 13.2 Å². The molecule has 0 saturated carbocycles. The number of rotatable bonds is 6. The maximum absolute atomic E-state index is 13.5. The zero-order chi connectivity index (χ0) is 18.1. The fourth-order valence-corrected chi connectivity index (χ4v) is 1.71. The van der Waals surface area contributed by atoms with E-state index in [2.05, 4.69) is 0 Å². The van der Waals surface area contributed by atoms with Crippen LogP contribution >= 0.6 is 0 Å². The third-order valence-electron chi connectivity index (χ3n) is 2.92. The van der Waals surface area contributed by atoms with Crippen molar-refractivity contribution < 1.29 is 22.7 Å². The molecule has 0 amide bonds. The van der Waals surface area contributed by atoms with E-state index >= 15 is 0 Å². The molecule has 0 aliphatic rings. The van der Waals surface area contributed by atoms with Gasteiger partial charge in [0.05, 0.1) is 6.61 Å². The number of hydrogen-bond acceptors (Lipinski definition) is 2. The molecular weight excluding hydrogens is 317 g/mol. The Balaban J connectivity index is 2.75. The summed E-state index contributed by atoms with van der Waals surface area (Å²) >= 11 is 0. The van der Waals surface area contributed by atoms with Gasteiger partial charge < -0.3 is 4.74 Å². The molecule has 0 bridgehead atoms. The SMILES string of the molecule is CCOC(=O)/C=C(C)/C=C/C=C(C)/C=C/c1cc(F)c(F)cc1F. The van der Waals surface area contributed by atoms with Gasteiger partial charge in [-0.3, -0.25) is 0 Å². The lowest BCUT2D eigenvalue weighted by atomic mass is 10.1. The molecule has 0 N–H and O–H groups in total. The molecule has 0 heterocycles. The third kappa shape index (κ3) is 6.69. The standard InChI is InChI=1S/C19H19F3O2/c1-4-24-19(23)10-14(3)7-5-6-13(2)8-9-15-11-17(21)18(22)12-16(15)20/h5-12H,4H2,1-3H3/b7-5+,9-8+,13-6+,14-10+. The van der Waals surface area contributed by atoms with Crippen LogP contribution in [0.2, 0.25) is 0 Å². The van der Waals surface area contributed by atoms with Crippen molar-refractivity contribution in [1.29, 1.82) is 0 Å². The molecule has 0 aromatic heterocycles. The molecule has 0 spiro atoms. The summed E-state index contributed by atoms with van der Waals surface area (Å²) in [5.41, 5.74) is 1.44. The highest BCUT2D eigenvalue weighted by Gasteiger charge is 2.07. The molecule has 0 aliphatic heterocycles. The lowest BCUT2D eigenvalue weighted by Crippen LogP contribution is -1.99. The first-order valence-electron chi connectivity index (χ1n) is 7.36. The fraction of sp³-hybridized carbons (Fsp3) is 0.211. The summed E-state index contributed by atoms with van der Waals surface area (Å²) in [6.07, 6.45) is 9.47. The van der Waals surface area contributed by atoms with Gasteiger partial charge >= 0.3 is 5.97 Å². The van der Waals surface area contributed by atoms with E-state index in [-0.39, 0.29) is 5.56 Å². The molecule has 1 aromatic rings. The van der Waals surface area contributed by atoms with Crippen LogP contribution in [0.3, 0.4) is 0 Å². The Hall–Kier alpha value is -2.56. The first-order chi connectivity index (χ1) is 11.3. The van der Waals surface area contributed by atoms with Gasteiger partial charge in [-0.15, -0.1) is 0 Å². The van der Waals surface area contributed by atoms with Crippen molar-refractivity contribution in [3.63, 3.8) is 0 Å². The van der Waals surface area contributed by atoms with E-state index in [0.717, 1.165) is 11.6 Å². The minimum atomic E-state index is -1.22. The third-order valence-corrected chi connectivity index (χ3v) is 2.92. The summed E-state index contributed by atoms with van der Waals surface area (Å²) in [4.78, 5) is 11.2. The summed E-state index contributed by atoms with van der Waals surface area (Å²) in [5.74, 6) is -3.56. The number of benzene rings is 1. The van der Waals surface area contributed by atoms with Crippen LogP contribution in [0, 0.1) is 17.5 Å². The molecule has 2 nitrogen and oxygen atoms in total. The fourth-order valence-electron chi connectivity index (χ4n) is 1.71. The van der Waals surface area contributed by atoms with Crippen LogP contribution in [0.1, 0.15) is 26.3 Å². The van der Waals surface area contributed by atoms with Crippen molar-refractivity contribution in [1.82, 2.24) is 0 Å². The van der Waals surface area contributed by atoms with Gasteiger partial charge in [0.2, 0.25) is 0 Å². The number of ether oxygens (including phenoxy) is 1. The molecular formula is C19H19F3O2. The largest absolute Gasteiger partial charge is 0.463 e. The first kappa shape index (κ1) is 19.5. The van der Waals surface area contributed by atoms with E-state index in [1.165, 1.54) is 12.2 Å². The Morgan fingerprint density at radius 2 is 1.71 bits per heavy atom. The monoisotopic (exact) mass is 336 g/mol. The molecule has 24 heavy (non-hydrogen) atoms. The predicted molar refractivity (Wildman–Crippen MR) is 88.6 cm³/mol. The molecule has 0 radical (unpaired) electrons. The van der Waals surface area contributed by atoms with Gasteiger partial charge in [-0.25, -0.2) is 18.0 Å². The van der Waals surface area contributed by atoms with Crippen molar-refractivity contribution in [2.75, 3.05) is 6.61 Å². The zero-order valence-electron chi connectivity index (χ0n) is 13.8. The molecule has 0 fully saturated rings. The van der Waals surface area contributed by atoms with Crippen LogP contribution in [0.5, 0.6) is 0 Å². The second kappa shape index (κ2) is 9.55. The van der Waals surface area contributed by atoms with Crippen LogP contribution in [-0.2, 0) is 9.53 Å². The Bertz CT molecular complexity index is 714. The average Bonchev–Trinajstić information content (AvgIpc) is 2.49. The van der Waals surface area contributed by atoms with Gasteiger partial charge in [0, 0.05) is 17.7 Å². The van der Waals surface area contributed by atoms with E-state index in [0.29, 0.717) is 18.2 Å². The Morgan fingerprint density at radius 3 is 2.38 bits per heavy atom. The second-order valence-electron chi connectivity index (χ2n) is 5.03. The van der Waals surface area contributed by atoms with Gasteiger partial charge in [-0.2, -0.15) is 0 Å². The number of carbonyl (C=O) groups is 1. The molecule has 5 heteroatoms. The highest BCUT2D eigenvalue weighted by atomic mass is 19.2. The van der Waals surface area contributed by atoms with Gasteiger partial charge in [0.15, 0.2) is 11.6 Å². The molecule has 0 unspecified atom stereocenters. The smallest absolute Gasteiger partial charge is 0.330 e. The lowest BCUT2D eigenvalue weighted by Gasteiger charge is -1.99. The summed E-state index contributed by atoms with van der Waals surface area (Å²) < 4.78 is 44.2. The van der Waals surface area contributed by atoms with E-state index in [4.69, 9.17) is 4.74 Å². The van der Waals surface area contributed by atoms with Crippen molar-refractivity contribution in [2.45, 2.75) is 20.8 Å². The average molecular weight is 336 g/mol. The molecule has 1 rings (SSSR count). The van der Waals surface area contributed by atoms with Crippen molar-refractivity contribution >= 4 is 12.0 Å². The highest BCUT2D eigenvalue weighted by Crippen LogP contribution is 2.15. The molecule has 1 aromatic carbocycles. The van der Waals surface area contributed by atoms with Gasteiger partial charge in [0.1, 0.15) is 5.82 Å². The van der Waals surface area contributed by atoms with E-state index in [1.807, 2.05) is 0 Å². The lowest BCUT2D eigenvalue weighted by molar-refractivity contribution is -0.137. The van der Waals surface area contributed by atoms with Crippen molar-refractivity contribution in [3.8, 4) is 0 Å². The summed E-state index contributed by atoms with van der Waals surface area (Å²) in [6, 6.07) is 1.31. The number of allylic oxidation sites excluding steroid dienone is 6. The maximum atomic E-state index is 13.5. The summed E-state index contributed by atoms with van der Waals surface area (Å²) in [5, 5.41) is 0. The number of halogens is 3. The van der Waals surface area contributed by atoms with E-state index in [9.17, 15) is 18.0 Å². The van der Waals surface area contributed by atoms with Crippen molar-refractivity contribution in [3.05, 3.63) is 76.7 Å². The second-order valence-corrected chi connectivity index (χ2v) is 5.03. The van der Waals surface area contributed by atoms with E-state index < -0.39 is 23.4 Å². The van der Waals surface area contributed by atoms with Crippen LogP contribution in [0.25, 0.3) is 6.08 Å². The van der Waals surface area contributed by atoms with Crippen molar-refractivity contribution in [2.24, 2.45) is 0 Å². The highest BCUT2D eigenvalue weighted by molar-refractivity contribution is 5.83.